The van der Waals surface area contributed by atoms with E-state index in [4.69, 9.17) is 9.47 Å². The number of hydrogen-bond acceptors (Lipinski definition) is 6. The molecule has 0 saturated carbocycles. The van der Waals surface area contributed by atoms with Crippen LogP contribution < -0.4 is 5.32 Å². The summed E-state index contributed by atoms with van der Waals surface area (Å²) >= 11 is 0. The molecule has 1 atom stereocenters. The Kier molecular flexibility index (Phi) is 6.42. The molecule has 7 nitrogen and oxygen atoms in total. The second-order valence-corrected chi connectivity index (χ2v) is 6.23. The van der Waals surface area contributed by atoms with Gasteiger partial charge in [-0.3, -0.25) is 9.78 Å². The fourth-order valence-electron chi connectivity index (χ4n) is 2.42. The van der Waals surface area contributed by atoms with Crippen molar-refractivity contribution in [3.05, 3.63) is 30.1 Å². The number of alkyl halides is 3. The highest BCUT2D eigenvalue weighted by atomic mass is 19.4. The maximum atomic E-state index is 13.9. The smallest absolute Gasteiger partial charge is 0.448 e. The molecule has 10 heteroatoms. The second-order valence-electron chi connectivity index (χ2n) is 6.23. The minimum atomic E-state index is -5.25. The summed E-state index contributed by atoms with van der Waals surface area (Å²) in [7, 11) is 0. The van der Waals surface area contributed by atoms with Crippen molar-refractivity contribution < 1.29 is 37.0 Å². The van der Waals surface area contributed by atoms with E-state index in [-0.39, 0.29) is 25.4 Å². The fourth-order valence-corrected chi connectivity index (χ4v) is 2.42. The van der Waals surface area contributed by atoms with E-state index in [1.807, 2.05) is 0 Å². The first kappa shape index (κ1) is 21.1. The van der Waals surface area contributed by atoms with Gasteiger partial charge in [0.2, 0.25) is 0 Å². The third kappa shape index (κ3) is 4.38. The number of amides is 1. The standard InChI is InChI=1S/C17H21F3N2O5/c1-3-15(9-25-10-15)11-27-16(17(18,19)20,14(24)26-4-2)22-13(23)12-6-5-7-21-8-12/h5-8H,3-4,9-11H2,1-2H3,(H,22,23)/t16-/m1/s1. The van der Waals surface area contributed by atoms with Crippen molar-refractivity contribution in [2.45, 2.75) is 32.2 Å². The lowest BCUT2D eigenvalue weighted by Crippen LogP contribution is -2.67. The quantitative estimate of drug-likeness (QED) is 0.540. The molecule has 150 valence electrons. The van der Waals surface area contributed by atoms with E-state index in [9.17, 15) is 22.8 Å². The van der Waals surface area contributed by atoms with Crippen molar-refractivity contribution in [2.24, 2.45) is 5.41 Å². The van der Waals surface area contributed by atoms with E-state index >= 15 is 0 Å². The molecular weight excluding hydrogens is 369 g/mol. The molecular formula is C17H21F3N2O5. The van der Waals surface area contributed by atoms with Crippen LogP contribution in [-0.2, 0) is 19.0 Å². The van der Waals surface area contributed by atoms with Crippen molar-refractivity contribution in [1.29, 1.82) is 0 Å². The van der Waals surface area contributed by atoms with Crippen LogP contribution in [0.3, 0.4) is 0 Å². The van der Waals surface area contributed by atoms with Crippen molar-refractivity contribution in [3.63, 3.8) is 0 Å². The third-order valence-electron chi connectivity index (χ3n) is 4.34. The fraction of sp³-hybridized carbons (Fsp3) is 0.588. The van der Waals surface area contributed by atoms with Crippen LogP contribution >= 0.6 is 0 Å². The van der Waals surface area contributed by atoms with E-state index in [2.05, 4.69) is 9.72 Å². The Hall–Kier alpha value is -2.20. The van der Waals surface area contributed by atoms with Crippen LogP contribution in [0.4, 0.5) is 13.2 Å². The van der Waals surface area contributed by atoms with Crippen molar-refractivity contribution >= 4 is 11.9 Å². The van der Waals surface area contributed by atoms with Gasteiger partial charge in [0.25, 0.3) is 5.91 Å². The minimum Gasteiger partial charge on any atom is -0.462 e. The zero-order valence-corrected chi connectivity index (χ0v) is 15.0. The molecule has 1 aliphatic rings. The lowest BCUT2D eigenvalue weighted by atomic mass is 9.84. The molecule has 1 aromatic rings. The van der Waals surface area contributed by atoms with Crippen LogP contribution in [0.15, 0.2) is 24.5 Å². The topological polar surface area (TPSA) is 86.8 Å². The lowest BCUT2D eigenvalue weighted by Gasteiger charge is -2.43. The molecule has 0 bridgehead atoms. The summed E-state index contributed by atoms with van der Waals surface area (Å²) in [6.07, 6.45) is -2.33. The highest BCUT2D eigenvalue weighted by Crippen LogP contribution is 2.38. The first-order chi connectivity index (χ1) is 12.7. The first-order valence-corrected chi connectivity index (χ1v) is 8.38. The average molecular weight is 390 g/mol. The van der Waals surface area contributed by atoms with Crippen LogP contribution in [0.25, 0.3) is 0 Å². The van der Waals surface area contributed by atoms with Gasteiger partial charge in [0, 0.05) is 17.8 Å². The summed E-state index contributed by atoms with van der Waals surface area (Å²) in [5.74, 6) is -2.90. The molecule has 1 aromatic heterocycles. The number of ether oxygens (including phenoxy) is 3. The molecule has 27 heavy (non-hydrogen) atoms. The predicted octanol–water partition coefficient (Wildman–Crippen LogP) is 2.08. The SMILES string of the molecule is CCOC(=O)[C@@](NC(=O)c1cccnc1)(OCC1(CC)COC1)C(F)(F)F. The van der Waals surface area contributed by atoms with Gasteiger partial charge < -0.3 is 19.5 Å². The number of esters is 1. The van der Waals surface area contributed by atoms with Crippen LogP contribution in [0, 0.1) is 5.41 Å². The molecule has 1 aliphatic heterocycles. The number of hydrogen-bond donors (Lipinski definition) is 1. The molecule has 0 radical (unpaired) electrons. The summed E-state index contributed by atoms with van der Waals surface area (Å²) in [5.41, 5.74) is -4.44. The molecule has 2 heterocycles. The van der Waals surface area contributed by atoms with Crippen molar-refractivity contribution in [2.75, 3.05) is 26.4 Å². The highest BCUT2D eigenvalue weighted by molar-refractivity contribution is 5.97. The van der Waals surface area contributed by atoms with Gasteiger partial charge in [-0.1, -0.05) is 6.92 Å². The van der Waals surface area contributed by atoms with Crippen molar-refractivity contribution in [1.82, 2.24) is 10.3 Å². The number of nitrogens with zero attached hydrogens (tertiary/aromatic N) is 1. The molecule has 0 aliphatic carbocycles. The number of pyridine rings is 1. The molecule has 0 spiro atoms. The van der Waals surface area contributed by atoms with E-state index in [1.54, 1.807) is 12.2 Å². The summed E-state index contributed by atoms with van der Waals surface area (Å²) < 4.78 is 56.5. The van der Waals surface area contributed by atoms with Gasteiger partial charge in [0.15, 0.2) is 0 Å². The number of carbonyl (C=O) groups is 2. The maximum Gasteiger partial charge on any atom is 0.448 e. The Balaban J connectivity index is 2.35. The Labute approximate surface area is 154 Å². The van der Waals surface area contributed by atoms with E-state index in [0.717, 1.165) is 6.20 Å². The van der Waals surface area contributed by atoms with Gasteiger partial charge >= 0.3 is 17.9 Å². The largest absolute Gasteiger partial charge is 0.462 e. The van der Waals surface area contributed by atoms with Crippen LogP contribution in [0.2, 0.25) is 0 Å². The molecule has 1 fully saturated rings. The number of carbonyl (C=O) groups excluding carboxylic acids is 2. The Bertz CT molecular complexity index is 659. The molecule has 0 unspecified atom stereocenters. The second kappa shape index (κ2) is 8.22. The summed E-state index contributed by atoms with van der Waals surface area (Å²) in [4.78, 5) is 28.3. The lowest BCUT2D eigenvalue weighted by molar-refractivity contribution is -0.298. The molecule has 0 aromatic carbocycles. The van der Waals surface area contributed by atoms with Gasteiger partial charge in [-0.15, -0.1) is 0 Å². The minimum absolute atomic E-state index is 0.156. The highest BCUT2D eigenvalue weighted by Gasteiger charge is 2.65. The van der Waals surface area contributed by atoms with Gasteiger partial charge in [-0.05, 0) is 25.5 Å². The predicted molar refractivity (Wildman–Crippen MR) is 86.6 cm³/mol. The van der Waals surface area contributed by atoms with Crippen molar-refractivity contribution in [3.8, 4) is 0 Å². The average Bonchev–Trinajstić information content (AvgIpc) is 2.59. The van der Waals surface area contributed by atoms with E-state index in [0.29, 0.717) is 6.42 Å². The van der Waals surface area contributed by atoms with Gasteiger partial charge in [0.1, 0.15) is 0 Å². The van der Waals surface area contributed by atoms with Gasteiger partial charge in [-0.25, -0.2) is 4.79 Å². The Morgan fingerprint density at radius 2 is 2.04 bits per heavy atom. The van der Waals surface area contributed by atoms with Gasteiger partial charge in [-0.2, -0.15) is 13.2 Å². The monoisotopic (exact) mass is 390 g/mol. The zero-order valence-electron chi connectivity index (χ0n) is 15.0. The summed E-state index contributed by atoms with van der Waals surface area (Å²) in [5, 5.41) is 1.67. The summed E-state index contributed by atoms with van der Waals surface area (Å²) in [6, 6.07) is 2.65. The summed E-state index contributed by atoms with van der Waals surface area (Å²) in [6.45, 7) is 2.79. The van der Waals surface area contributed by atoms with Crippen LogP contribution in [-0.4, -0.2) is 55.2 Å². The van der Waals surface area contributed by atoms with E-state index < -0.39 is 35.8 Å². The van der Waals surface area contributed by atoms with Crippen LogP contribution in [0.5, 0.6) is 0 Å². The molecule has 2 rings (SSSR count). The third-order valence-corrected chi connectivity index (χ3v) is 4.34. The molecule has 1 saturated heterocycles. The number of nitrogens with one attached hydrogen (secondary N) is 1. The number of rotatable bonds is 8. The maximum absolute atomic E-state index is 13.9. The van der Waals surface area contributed by atoms with Gasteiger partial charge in [0.05, 0.1) is 32.0 Å². The number of halogens is 3. The number of aromatic nitrogens is 1. The Morgan fingerprint density at radius 1 is 1.33 bits per heavy atom. The first-order valence-electron chi connectivity index (χ1n) is 8.38. The molecule has 1 N–H and O–H groups in total. The zero-order chi connectivity index (χ0) is 20.1. The normalized spacial score (nSPS) is 18.1. The van der Waals surface area contributed by atoms with E-state index in [1.165, 1.54) is 25.3 Å². The Morgan fingerprint density at radius 3 is 2.48 bits per heavy atom. The van der Waals surface area contributed by atoms with Crippen LogP contribution in [0.1, 0.15) is 30.6 Å². The molecule has 1 amide bonds.